The fraction of sp³-hybridized carbons (Fsp3) is 0.941. The van der Waals surface area contributed by atoms with E-state index >= 15 is 0 Å². The SMILES string of the molecule is COC(=O)C(C)(CCCOC1CCCCC1C)NC1CC1. The maximum Gasteiger partial charge on any atom is 0.325 e. The lowest BCUT2D eigenvalue weighted by Gasteiger charge is -2.30. The van der Waals surface area contributed by atoms with E-state index in [-0.39, 0.29) is 5.97 Å². The van der Waals surface area contributed by atoms with Gasteiger partial charge in [0.2, 0.25) is 0 Å². The van der Waals surface area contributed by atoms with E-state index in [1.54, 1.807) is 0 Å². The summed E-state index contributed by atoms with van der Waals surface area (Å²) < 4.78 is 11.0. The highest BCUT2D eigenvalue weighted by Crippen LogP contribution is 2.28. The van der Waals surface area contributed by atoms with Crippen LogP contribution in [0.4, 0.5) is 0 Å². The van der Waals surface area contributed by atoms with Gasteiger partial charge in [0, 0.05) is 12.6 Å². The minimum Gasteiger partial charge on any atom is -0.468 e. The summed E-state index contributed by atoms with van der Waals surface area (Å²) in [5.74, 6) is 0.524. The lowest BCUT2D eigenvalue weighted by Crippen LogP contribution is -2.51. The minimum absolute atomic E-state index is 0.152. The second kappa shape index (κ2) is 7.59. The van der Waals surface area contributed by atoms with Gasteiger partial charge >= 0.3 is 5.97 Å². The Kier molecular flexibility index (Phi) is 6.06. The Morgan fingerprint density at radius 1 is 1.24 bits per heavy atom. The summed E-state index contributed by atoms with van der Waals surface area (Å²) in [5.41, 5.74) is -0.558. The number of methoxy groups -OCH3 is 1. The van der Waals surface area contributed by atoms with Crippen LogP contribution in [0.5, 0.6) is 0 Å². The molecule has 2 aliphatic rings. The third-order valence-electron chi connectivity index (χ3n) is 4.92. The van der Waals surface area contributed by atoms with Crippen molar-refractivity contribution in [1.29, 1.82) is 0 Å². The van der Waals surface area contributed by atoms with Crippen LogP contribution in [0.2, 0.25) is 0 Å². The van der Waals surface area contributed by atoms with Crippen LogP contribution in [0.1, 0.15) is 65.2 Å². The molecule has 1 N–H and O–H groups in total. The first-order valence-corrected chi connectivity index (χ1v) is 8.53. The summed E-state index contributed by atoms with van der Waals surface area (Å²) in [5, 5.41) is 3.44. The summed E-state index contributed by atoms with van der Waals surface area (Å²) in [4.78, 5) is 12.0. The van der Waals surface area contributed by atoms with E-state index in [1.807, 2.05) is 6.92 Å². The standard InChI is InChI=1S/C17H31NO3/c1-13-7-4-5-8-15(13)21-12-6-11-17(2,16(19)20-3)18-14-9-10-14/h13-15,18H,4-12H2,1-3H3. The maximum absolute atomic E-state index is 12.0. The van der Waals surface area contributed by atoms with Gasteiger partial charge in [-0.2, -0.15) is 0 Å². The Balaban J connectivity index is 1.72. The van der Waals surface area contributed by atoms with Crippen LogP contribution in [-0.2, 0) is 14.3 Å². The molecule has 122 valence electrons. The summed E-state index contributed by atoms with van der Waals surface area (Å²) in [6.07, 6.45) is 9.53. The van der Waals surface area contributed by atoms with Crippen LogP contribution >= 0.6 is 0 Å². The highest BCUT2D eigenvalue weighted by molar-refractivity contribution is 5.80. The van der Waals surface area contributed by atoms with Crippen LogP contribution in [0.15, 0.2) is 0 Å². The lowest BCUT2D eigenvalue weighted by atomic mass is 9.88. The molecule has 2 aliphatic carbocycles. The van der Waals surface area contributed by atoms with Gasteiger partial charge in [0.15, 0.2) is 0 Å². The van der Waals surface area contributed by atoms with E-state index in [0.29, 0.717) is 18.1 Å². The van der Waals surface area contributed by atoms with E-state index in [0.717, 1.165) is 19.4 Å². The summed E-state index contributed by atoms with van der Waals surface area (Å²) in [7, 11) is 1.47. The average molecular weight is 297 g/mol. The zero-order chi connectivity index (χ0) is 15.3. The molecule has 4 nitrogen and oxygen atoms in total. The zero-order valence-corrected chi connectivity index (χ0v) is 13.8. The van der Waals surface area contributed by atoms with Gasteiger partial charge in [0.1, 0.15) is 5.54 Å². The van der Waals surface area contributed by atoms with Gasteiger partial charge in [-0.05, 0) is 51.4 Å². The molecule has 0 aromatic heterocycles. The third-order valence-corrected chi connectivity index (χ3v) is 4.92. The molecular weight excluding hydrogens is 266 g/mol. The second-order valence-corrected chi connectivity index (χ2v) is 7.02. The smallest absolute Gasteiger partial charge is 0.325 e. The van der Waals surface area contributed by atoms with Crippen molar-refractivity contribution in [3.05, 3.63) is 0 Å². The Morgan fingerprint density at radius 2 is 1.95 bits per heavy atom. The molecular formula is C17H31NO3. The van der Waals surface area contributed by atoms with Crippen molar-refractivity contribution in [2.45, 2.75) is 82.9 Å². The van der Waals surface area contributed by atoms with Gasteiger partial charge in [-0.1, -0.05) is 19.8 Å². The zero-order valence-electron chi connectivity index (χ0n) is 13.8. The number of ether oxygens (including phenoxy) is 2. The van der Waals surface area contributed by atoms with Crippen LogP contribution in [-0.4, -0.2) is 37.4 Å². The van der Waals surface area contributed by atoms with Crippen LogP contribution in [0.3, 0.4) is 0 Å². The van der Waals surface area contributed by atoms with Crippen molar-refractivity contribution in [3.63, 3.8) is 0 Å². The molecule has 0 spiro atoms. The average Bonchev–Trinajstić information content (AvgIpc) is 3.28. The van der Waals surface area contributed by atoms with Gasteiger partial charge in [-0.15, -0.1) is 0 Å². The number of rotatable bonds is 8. The summed E-state index contributed by atoms with van der Waals surface area (Å²) >= 11 is 0. The lowest BCUT2D eigenvalue weighted by molar-refractivity contribution is -0.148. The molecule has 3 unspecified atom stereocenters. The van der Waals surface area contributed by atoms with Gasteiger partial charge < -0.3 is 9.47 Å². The fourth-order valence-corrected chi connectivity index (χ4v) is 3.33. The van der Waals surface area contributed by atoms with Gasteiger partial charge in [-0.25, -0.2) is 0 Å². The highest BCUT2D eigenvalue weighted by atomic mass is 16.5. The van der Waals surface area contributed by atoms with E-state index in [4.69, 9.17) is 9.47 Å². The van der Waals surface area contributed by atoms with Crippen LogP contribution in [0, 0.1) is 5.92 Å². The minimum atomic E-state index is -0.558. The predicted molar refractivity (Wildman–Crippen MR) is 83.2 cm³/mol. The number of carbonyl (C=O) groups is 1. The molecule has 0 aliphatic heterocycles. The van der Waals surface area contributed by atoms with Crippen molar-refractivity contribution in [3.8, 4) is 0 Å². The van der Waals surface area contributed by atoms with Crippen molar-refractivity contribution in [2.24, 2.45) is 5.92 Å². The first kappa shape index (κ1) is 16.8. The molecule has 2 saturated carbocycles. The highest BCUT2D eigenvalue weighted by Gasteiger charge is 2.38. The van der Waals surface area contributed by atoms with Crippen LogP contribution < -0.4 is 5.32 Å². The largest absolute Gasteiger partial charge is 0.468 e. The molecule has 2 rings (SSSR count). The molecule has 4 heteroatoms. The van der Waals surface area contributed by atoms with Crippen molar-refractivity contribution >= 4 is 5.97 Å². The molecule has 0 aromatic rings. The number of hydrogen-bond donors (Lipinski definition) is 1. The maximum atomic E-state index is 12.0. The molecule has 0 heterocycles. The first-order valence-electron chi connectivity index (χ1n) is 8.53. The molecule has 0 radical (unpaired) electrons. The fourth-order valence-electron chi connectivity index (χ4n) is 3.33. The van der Waals surface area contributed by atoms with Crippen molar-refractivity contribution in [1.82, 2.24) is 5.32 Å². The molecule has 0 amide bonds. The normalized spacial score (nSPS) is 28.9. The van der Waals surface area contributed by atoms with Crippen LogP contribution in [0.25, 0.3) is 0 Å². The predicted octanol–water partition coefficient (Wildman–Crippen LogP) is 3.05. The van der Waals surface area contributed by atoms with Crippen molar-refractivity contribution in [2.75, 3.05) is 13.7 Å². The Labute approximate surface area is 129 Å². The van der Waals surface area contributed by atoms with E-state index in [9.17, 15) is 4.79 Å². The van der Waals surface area contributed by atoms with E-state index in [2.05, 4.69) is 12.2 Å². The summed E-state index contributed by atoms with van der Waals surface area (Å²) in [6.45, 7) is 4.99. The van der Waals surface area contributed by atoms with E-state index < -0.39 is 5.54 Å². The third kappa shape index (κ3) is 4.96. The van der Waals surface area contributed by atoms with E-state index in [1.165, 1.54) is 45.6 Å². The Bertz CT molecular complexity index is 343. The number of esters is 1. The van der Waals surface area contributed by atoms with Gasteiger partial charge in [0.05, 0.1) is 13.2 Å². The van der Waals surface area contributed by atoms with Gasteiger partial charge in [0.25, 0.3) is 0 Å². The molecule has 0 aromatic carbocycles. The molecule has 0 saturated heterocycles. The van der Waals surface area contributed by atoms with Crippen molar-refractivity contribution < 1.29 is 14.3 Å². The summed E-state index contributed by atoms with van der Waals surface area (Å²) in [6, 6.07) is 0.494. The second-order valence-electron chi connectivity index (χ2n) is 7.02. The number of nitrogens with one attached hydrogen (secondary N) is 1. The molecule has 21 heavy (non-hydrogen) atoms. The molecule has 2 fully saturated rings. The van der Waals surface area contributed by atoms with Gasteiger partial charge in [-0.3, -0.25) is 10.1 Å². The molecule has 0 bridgehead atoms. The topological polar surface area (TPSA) is 47.6 Å². The number of hydrogen-bond acceptors (Lipinski definition) is 4. The Morgan fingerprint density at radius 3 is 2.57 bits per heavy atom. The monoisotopic (exact) mass is 297 g/mol. The number of carbonyl (C=O) groups excluding carboxylic acids is 1. The Hall–Kier alpha value is -0.610. The quantitative estimate of drug-likeness (QED) is 0.552. The molecule has 3 atom stereocenters. The first-order chi connectivity index (χ1) is 10.0.